The Morgan fingerprint density at radius 1 is 1.50 bits per heavy atom. The third kappa shape index (κ3) is 4.80. The second-order valence-electron chi connectivity index (χ2n) is 4.91. The van der Waals surface area contributed by atoms with Gasteiger partial charge in [0.15, 0.2) is 0 Å². The number of halogens is 1. The maximum Gasteiger partial charge on any atom is 0.224 e. The summed E-state index contributed by atoms with van der Waals surface area (Å²) in [5.74, 6) is -0.110. The average molecular weight is 302 g/mol. The smallest absolute Gasteiger partial charge is 0.224 e. The third-order valence-electron chi connectivity index (χ3n) is 3.16. The zero-order valence-electron chi connectivity index (χ0n) is 12.7. The SMILES string of the molecule is CCOCCCNC(=O)C(C)Cn1nc(C)c(Cl)c1C. The normalized spacial score (nSPS) is 12.4. The lowest BCUT2D eigenvalue weighted by Gasteiger charge is -2.13. The van der Waals surface area contributed by atoms with Gasteiger partial charge in [-0.25, -0.2) is 0 Å². The molecule has 1 unspecified atom stereocenters. The predicted molar refractivity (Wildman–Crippen MR) is 80.0 cm³/mol. The van der Waals surface area contributed by atoms with Crippen LogP contribution >= 0.6 is 11.6 Å². The summed E-state index contributed by atoms with van der Waals surface area (Å²) in [6.45, 7) is 10.2. The Balaban J connectivity index is 2.39. The van der Waals surface area contributed by atoms with E-state index in [1.807, 2.05) is 27.7 Å². The fraction of sp³-hybridized carbons (Fsp3) is 0.714. The molecule has 0 spiro atoms. The topological polar surface area (TPSA) is 56.1 Å². The van der Waals surface area contributed by atoms with E-state index in [4.69, 9.17) is 16.3 Å². The molecule has 0 aliphatic carbocycles. The van der Waals surface area contributed by atoms with Crippen molar-refractivity contribution in [1.82, 2.24) is 15.1 Å². The fourth-order valence-electron chi connectivity index (χ4n) is 1.90. The lowest BCUT2D eigenvalue weighted by Crippen LogP contribution is -2.33. The molecule has 0 bridgehead atoms. The second-order valence-corrected chi connectivity index (χ2v) is 5.29. The summed E-state index contributed by atoms with van der Waals surface area (Å²) in [4.78, 5) is 12.0. The molecule has 0 aromatic carbocycles. The molecular weight excluding hydrogens is 278 g/mol. The van der Waals surface area contributed by atoms with E-state index in [2.05, 4.69) is 10.4 Å². The molecule has 20 heavy (non-hydrogen) atoms. The van der Waals surface area contributed by atoms with Crippen LogP contribution < -0.4 is 5.32 Å². The van der Waals surface area contributed by atoms with Crippen molar-refractivity contribution in [3.8, 4) is 0 Å². The molecule has 1 atom stereocenters. The van der Waals surface area contributed by atoms with Crippen LogP contribution in [0.3, 0.4) is 0 Å². The highest BCUT2D eigenvalue weighted by molar-refractivity contribution is 6.31. The van der Waals surface area contributed by atoms with Gasteiger partial charge in [-0.05, 0) is 27.2 Å². The Morgan fingerprint density at radius 3 is 2.75 bits per heavy atom. The second kappa shape index (κ2) is 8.27. The molecule has 1 heterocycles. The van der Waals surface area contributed by atoms with E-state index in [-0.39, 0.29) is 11.8 Å². The Hall–Kier alpha value is -1.07. The first kappa shape index (κ1) is 17.0. The van der Waals surface area contributed by atoms with Crippen molar-refractivity contribution < 1.29 is 9.53 Å². The number of aryl methyl sites for hydroxylation is 1. The summed E-state index contributed by atoms with van der Waals surface area (Å²) in [6.07, 6.45) is 0.831. The number of hydrogen-bond acceptors (Lipinski definition) is 3. The van der Waals surface area contributed by atoms with Gasteiger partial charge >= 0.3 is 0 Å². The van der Waals surface area contributed by atoms with Gasteiger partial charge in [0.1, 0.15) is 0 Å². The molecule has 1 aromatic rings. The Labute approximate surface area is 125 Å². The summed E-state index contributed by atoms with van der Waals surface area (Å²) in [7, 11) is 0. The van der Waals surface area contributed by atoms with Crippen molar-refractivity contribution in [3.05, 3.63) is 16.4 Å². The number of rotatable bonds is 8. The number of carbonyl (C=O) groups excluding carboxylic acids is 1. The quantitative estimate of drug-likeness (QED) is 0.750. The first-order valence-corrected chi connectivity index (χ1v) is 7.40. The van der Waals surface area contributed by atoms with Crippen LogP contribution in [0.2, 0.25) is 5.02 Å². The molecule has 1 rings (SSSR count). The van der Waals surface area contributed by atoms with Crippen molar-refractivity contribution in [3.63, 3.8) is 0 Å². The molecule has 1 aromatic heterocycles. The van der Waals surface area contributed by atoms with Gasteiger partial charge in [0.2, 0.25) is 5.91 Å². The van der Waals surface area contributed by atoms with Crippen LogP contribution in [0.4, 0.5) is 0 Å². The first-order chi connectivity index (χ1) is 9.47. The number of ether oxygens (including phenoxy) is 1. The van der Waals surface area contributed by atoms with Crippen molar-refractivity contribution in [1.29, 1.82) is 0 Å². The molecule has 5 nitrogen and oxygen atoms in total. The molecular formula is C14H24ClN3O2. The van der Waals surface area contributed by atoms with E-state index in [9.17, 15) is 4.79 Å². The molecule has 1 N–H and O–H groups in total. The van der Waals surface area contributed by atoms with E-state index in [1.54, 1.807) is 4.68 Å². The number of aromatic nitrogens is 2. The third-order valence-corrected chi connectivity index (χ3v) is 3.70. The summed E-state index contributed by atoms with van der Waals surface area (Å²) in [5.41, 5.74) is 1.70. The number of hydrogen-bond donors (Lipinski definition) is 1. The van der Waals surface area contributed by atoms with Crippen LogP contribution in [0.1, 0.15) is 31.7 Å². The summed E-state index contributed by atoms with van der Waals surface area (Å²) in [5, 5.41) is 7.92. The molecule has 0 fully saturated rings. The maximum atomic E-state index is 12.0. The molecule has 1 amide bonds. The number of carbonyl (C=O) groups is 1. The van der Waals surface area contributed by atoms with Gasteiger partial charge in [0.05, 0.1) is 28.9 Å². The van der Waals surface area contributed by atoms with Crippen LogP contribution in [0, 0.1) is 19.8 Å². The van der Waals surface area contributed by atoms with Gasteiger partial charge < -0.3 is 10.1 Å². The highest BCUT2D eigenvalue weighted by atomic mass is 35.5. The minimum Gasteiger partial charge on any atom is -0.382 e. The number of nitrogens with zero attached hydrogens (tertiary/aromatic N) is 2. The van der Waals surface area contributed by atoms with Crippen LogP contribution in [-0.4, -0.2) is 35.4 Å². The van der Waals surface area contributed by atoms with Crippen molar-refractivity contribution >= 4 is 17.5 Å². The summed E-state index contributed by atoms with van der Waals surface area (Å²) in [6, 6.07) is 0. The molecule has 6 heteroatoms. The monoisotopic (exact) mass is 301 g/mol. The molecule has 0 saturated heterocycles. The molecule has 0 saturated carbocycles. The van der Waals surface area contributed by atoms with E-state index < -0.39 is 0 Å². The van der Waals surface area contributed by atoms with E-state index >= 15 is 0 Å². The molecule has 114 valence electrons. The Bertz CT molecular complexity index is 446. The Morgan fingerprint density at radius 2 is 2.20 bits per heavy atom. The molecule has 0 aliphatic rings. The zero-order chi connectivity index (χ0) is 15.1. The lowest BCUT2D eigenvalue weighted by molar-refractivity contribution is -0.125. The number of nitrogens with one attached hydrogen (secondary N) is 1. The molecule has 0 aliphatic heterocycles. The average Bonchev–Trinajstić information content (AvgIpc) is 2.66. The summed E-state index contributed by atoms with van der Waals surface area (Å²) < 4.78 is 7.02. The minimum absolute atomic E-state index is 0.0326. The number of amides is 1. The van der Waals surface area contributed by atoms with Gasteiger partial charge in [-0.3, -0.25) is 9.48 Å². The van der Waals surface area contributed by atoms with E-state index in [0.717, 1.165) is 17.8 Å². The van der Waals surface area contributed by atoms with Gasteiger partial charge in [-0.1, -0.05) is 18.5 Å². The summed E-state index contributed by atoms with van der Waals surface area (Å²) >= 11 is 6.10. The van der Waals surface area contributed by atoms with Crippen molar-refractivity contribution in [2.24, 2.45) is 5.92 Å². The maximum absolute atomic E-state index is 12.0. The fourth-order valence-corrected chi connectivity index (χ4v) is 2.03. The lowest BCUT2D eigenvalue weighted by atomic mass is 10.1. The largest absolute Gasteiger partial charge is 0.382 e. The zero-order valence-corrected chi connectivity index (χ0v) is 13.5. The highest BCUT2D eigenvalue weighted by Crippen LogP contribution is 2.19. The van der Waals surface area contributed by atoms with Gasteiger partial charge in [0, 0.05) is 19.8 Å². The van der Waals surface area contributed by atoms with E-state index in [0.29, 0.717) is 31.3 Å². The van der Waals surface area contributed by atoms with Crippen LogP contribution in [0.15, 0.2) is 0 Å². The molecule has 0 radical (unpaired) electrons. The Kier molecular flexibility index (Phi) is 7.02. The van der Waals surface area contributed by atoms with Gasteiger partial charge in [0.25, 0.3) is 0 Å². The minimum atomic E-state index is -0.142. The van der Waals surface area contributed by atoms with Gasteiger partial charge in [-0.2, -0.15) is 5.10 Å². The van der Waals surface area contributed by atoms with Crippen molar-refractivity contribution in [2.45, 2.75) is 40.7 Å². The first-order valence-electron chi connectivity index (χ1n) is 7.02. The van der Waals surface area contributed by atoms with Crippen LogP contribution in [-0.2, 0) is 16.1 Å². The highest BCUT2D eigenvalue weighted by Gasteiger charge is 2.16. The van der Waals surface area contributed by atoms with Gasteiger partial charge in [-0.15, -0.1) is 0 Å². The standard InChI is InChI=1S/C14H24ClN3O2/c1-5-20-8-6-7-16-14(19)10(2)9-18-12(4)13(15)11(3)17-18/h10H,5-9H2,1-4H3,(H,16,19). The van der Waals surface area contributed by atoms with Crippen LogP contribution in [0.25, 0.3) is 0 Å². The van der Waals surface area contributed by atoms with Crippen molar-refractivity contribution in [2.75, 3.05) is 19.8 Å². The van der Waals surface area contributed by atoms with Crippen LogP contribution in [0.5, 0.6) is 0 Å². The van der Waals surface area contributed by atoms with E-state index in [1.165, 1.54) is 0 Å². The predicted octanol–water partition coefficient (Wildman–Crippen LogP) is 2.33.